The maximum absolute atomic E-state index is 11.1. The van der Waals surface area contributed by atoms with Crippen LogP contribution in [0.3, 0.4) is 0 Å². The molecule has 1 aromatic carbocycles. The Morgan fingerprint density at radius 3 is 2.60 bits per heavy atom. The fourth-order valence-corrected chi connectivity index (χ4v) is 1.28. The quantitative estimate of drug-likeness (QED) is 0.265. The fraction of sp³-hybridized carbons (Fsp3) is 0. The van der Waals surface area contributed by atoms with Gasteiger partial charge >= 0.3 is 11.9 Å². The van der Waals surface area contributed by atoms with E-state index >= 15 is 0 Å². The van der Waals surface area contributed by atoms with E-state index in [9.17, 15) is 14.4 Å². The van der Waals surface area contributed by atoms with Crippen molar-refractivity contribution in [2.75, 3.05) is 0 Å². The second-order valence-electron chi connectivity index (χ2n) is 2.82. The van der Waals surface area contributed by atoms with E-state index in [1.807, 2.05) is 0 Å². The van der Waals surface area contributed by atoms with Crippen molar-refractivity contribution in [2.45, 2.75) is 0 Å². The molecule has 0 amide bonds. The van der Waals surface area contributed by atoms with Crippen molar-refractivity contribution in [3.8, 4) is 11.8 Å². The van der Waals surface area contributed by atoms with Crippen LogP contribution in [0.4, 0.5) is 0 Å². The number of hydrogen-bond acceptors (Lipinski definition) is 4. The van der Waals surface area contributed by atoms with Crippen molar-refractivity contribution in [2.24, 2.45) is 0 Å². The van der Waals surface area contributed by atoms with E-state index in [0.29, 0.717) is 11.8 Å². The zero-order chi connectivity index (χ0) is 10.8. The lowest BCUT2D eigenvalue weighted by Gasteiger charge is -1.92. The highest BCUT2D eigenvalue weighted by Gasteiger charge is 2.29. The normalized spacial score (nSPS) is 12.5. The molecule has 1 heterocycles. The van der Waals surface area contributed by atoms with Crippen molar-refractivity contribution >= 4 is 18.2 Å². The number of rotatable bonds is 0. The first kappa shape index (κ1) is 9.16. The van der Waals surface area contributed by atoms with Gasteiger partial charge in [0, 0.05) is 5.56 Å². The van der Waals surface area contributed by atoms with Gasteiger partial charge in [-0.1, -0.05) is 5.92 Å². The first-order valence-electron chi connectivity index (χ1n) is 4.08. The van der Waals surface area contributed by atoms with Crippen LogP contribution in [0.25, 0.3) is 0 Å². The lowest BCUT2D eigenvalue weighted by atomic mass is 10.1. The third-order valence-electron chi connectivity index (χ3n) is 1.92. The van der Waals surface area contributed by atoms with Crippen LogP contribution < -0.4 is 0 Å². The van der Waals surface area contributed by atoms with E-state index < -0.39 is 11.9 Å². The van der Waals surface area contributed by atoms with Gasteiger partial charge in [0.05, 0.1) is 11.1 Å². The summed E-state index contributed by atoms with van der Waals surface area (Å²) in [5.74, 6) is 3.41. The topological polar surface area (TPSA) is 60.4 Å². The summed E-state index contributed by atoms with van der Waals surface area (Å²) in [7, 11) is 0. The molecule has 0 aliphatic carbocycles. The second kappa shape index (κ2) is 3.39. The molecule has 1 aliphatic rings. The van der Waals surface area contributed by atoms with E-state index in [2.05, 4.69) is 16.6 Å². The van der Waals surface area contributed by atoms with E-state index in [1.165, 1.54) is 12.1 Å². The molecule has 0 atom stereocenters. The van der Waals surface area contributed by atoms with Crippen molar-refractivity contribution in [1.82, 2.24) is 0 Å². The van der Waals surface area contributed by atoms with Crippen LogP contribution in [-0.2, 0) is 9.53 Å². The van der Waals surface area contributed by atoms with Gasteiger partial charge in [-0.2, -0.15) is 0 Å². The maximum Gasteiger partial charge on any atom is 0.346 e. The summed E-state index contributed by atoms with van der Waals surface area (Å²) in [6.45, 7) is 0. The highest BCUT2D eigenvalue weighted by Crippen LogP contribution is 2.20. The Kier molecular flexibility index (Phi) is 2.07. The zero-order valence-corrected chi connectivity index (χ0v) is 7.44. The largest absolute Gasteiger partial charge is 0.386 e. The minimum Gasteiger partial charge on any atom is -0.386 e. The first-order valence-corrected chi connectivity index (χ1v) is 4.08. The Balaban J connectivity index is 2.51. The van der Waals surface area contributed by atoms with Gasteiger partial charge in [-0.15, -0.1) is 0 Å². The van der Waals surface area contributed by atoms with Crippen LogP contribution in [-0.4, -0.2) is 18.2 Å². The average molecular weight is 200 g/mol. The molecule has 15 heavy (non-hydrogen) atoms. The van der Waals surface area contributed by atoms with Crippen LogP contribution in [0.15, 0.2) is 18.2 Å². The molecule has 2 rings (SSSR count). The van der Waals surface area contributed by atoms with E-state index in [4.69, 9.17) is 0 Å². The molecule has 0 fully saturated rings. The summed E-state index contributed by atoms with van der Waals surface area (Å²) in [6, 6.07) is 4.44. The number of benzene rings is 1. The Hall–Kier alpha value is -2.41. The minimum atomic E-state index is -0.676. The second-order valence-corrected chi connectivity index (χ2v) is 2.82. The highest BCUT2D eigenvalue weighted by atomic mass is 16.6. The average Bonchev–Trinajstić information content (AvgIpc) is 2.52. The summed E-state index contributed by atoms with van der Waals surface area (Å²) in [5, 5.41) is 0. The molecular formula is C11H4O4. The van der Waals surface area contributed by atoms with Crippen LogP contribution >= 0.6 is 0 Å². The molecule has 0 bridgehead atoms. The Labute approximate surface area is 84.8 Å². The van der Waals surface area contributed by atoms with Gasteiger partial charge in [-0.3, -0.25) is 4.79 Å². The Morgan fingerprint density at radius 1 is 1.13 bits per heavy atom. The van der Waals surface area contributed by atoms with Gasteiger partial charge in [0.1, 0.15) is 0 Å². The number of esters is 2. The van der Waals surface area contributed by atoms with E-state index in [-0.39, 0.29) is 11.1 Å². The molecule has 4 heteroatoms. The molecule has 0 saturated carbocycles. The van der Waals surface area contributed by atoms with Crippen LogP contribution in [0.5, 0.6) is 0 Å². The molecule has 0 saturated heterocycles. The highest BCUT2D eigenvalue weighted by molar-refractivity contribution is 6.14. The summed E-state index contributed by atoms with van der Waals surface area (Å²) in [5.41, 5.74) is 0.918. The number of aldehydes is 1. The SMILES string of the molecule is O=CC#Cc1ccc2c(c1)C(=O)OC2=O. The van der Waals surface area contributed by atoms with Gasteiger partial charge in [-0.05, 0) is 24.1 Å². The molecule has 1 aliphatic heterocycles. The van der Waals surface area contributed by atoms with Crippen LogP contribution in [0.1, 0.15) is 26.3 Å². The Bertz CT molecular complexity index is 531. The standard InChI is InChI=1S/C11H4O4/c12-5-1-2-7-3-4-8-9(6-7)11(14)15-10(8)13/h3-6H. The Morgan fingerprint density at radius 2 is 1.87 bits per heavy atom. The number of carbonyl (C=O) groups excluding carboxylic acids is 3. The molecule has 0 spiro atoms. The molecule has 0 unspecified atom stereocenters. The zero-order valence-electron chi connectivity index (χ0n) is 7.44. The lowest BCUT2D eigenvalue weighted by Crippen LogP contribution is -1.96. The van der Waals surface area contributed by atoms with Crippen molar-refractivity contribution < 1.29 is 19.1 Å². The summed E-state index contributed by atoms with van der Waals surface area (Å²) < 4.78 is 4.40. The van der Waals surface area contributed by atoms with Crippen molar-refractivity contribution in [3.05, 3.63) is 34.9 Å². The minimum absolute atomic E-state index is 0.192. The molecule has 4 nitrogen and oxygen atoms in total. The molecule has 0 aromatic heterocycles. The number of carbonyl (C=O) groups is 3. The number of ether oxygens (including phenoxy) is 1. The molecular weight excluding hydrogens is 196 g/mol. The van der Waals surface area contributed by atoms with Gasteiger partial charge in [-0.25, -0.2) is 9.59 Å². The molecule has 1 aromatic rings. The number of cyclic esters (lactones) is 2. The smallest absolute Gasteiger partial charge is 0.346 e. The fourth-order valence-electron chi connectivity index (χ4n) is 1.28. The number of fused-ring (bicyclic) bond motifs is 1. The van der Waals surface area contributed by atoms with Crippen LogP contribution in [0.2, 0.25) is 0 Å². The summed E-state index contributed by atoms with van der Waals surface area (Å²) in [6.07, 6.45) is 0.455. The van der Waals surface area contributed by atoms with Gasteiger partial charge in [0.25, 0.3) is 0 Å². The molecule has 0 N–H and O–H groups in total. The van der Waals surface area contributed by atoms with Crippen molar-refractivity contribution in [1.29, 1.82) is 0 Å². The third-order valence-corrected chi connectivity index (χ3v) is 1.92. The number of hydrogen-bond donors (Lipinski definition) is 0. The van der Waals surface area contributed by atoms with Gasteiger partial charge < -0.3 is 4.74 Å². The summed E-state index contributed by atoms with van der Waals surface area (Å²) in [4.78, 5) is 32.2. The van der Waals surface area contributed by atoms with E-state index in [0.717, 1.165) is 0 Å². The molecule has 0 radical (unpaired) electrons. The summed E-state index contributed by atoms with van der Waals surface area (Å²) >= 11 is 0. The van der Waals surface area contributed by atoms with Gasteiger partial charge in [0.2, 0.25) is 0 Å². The predicted octanol–water partition coefficient (Wildman–Crippen LogP) is 0.548. The van der Waals surface area contributed by atoms with Gasteiger partial charge in [0.15, 0.2) is 6.29 Å². The first-order chi connectivity index (χ1) is 7.22. The molecule has 72 valence electrons. The monoisotopic (exact) mass is 200 g/mol. The third kappa shape index (κ3) is 1.51. The van der Waals surface area contributed by atoms with E-state index in [1.54, 1.807) is 6.07 Å². The van der Waals surface area contributed by atoms with Crippen LogP contribution in [0, 0.1) is 11.8 Å². The predicted molar refractivity (Wildman–Crippen MR) is 49.1 cm³/mol. The lowest BCUT2D eigenvalue weighted by molar-refractivity contribution is -0.103. The maximum atomic E-state index is 11.1. The van der Waals surface area contributed by atoms with Crippen molar-refractivity contribution in [3.63, 3.8) is 0 Å².